The van der Waals surface area contributed by atoms with Crippen molar-refractivity contribution in [3.8, 4) is 55.0 Å². The van der Waals surface area contributed by atoms with E-state index < -0.39 is 0 Å². The molecule has 6 heteroatoms. The van der Waals surface area contributed by atoms with Gasteiger partial charge in [-0.15, -0.1) is 22.7 Å². The Balaban J connectivity index is 1.30. The first-order chi connectivity index (χ1) is 20.1. The van der Waals surface area contributed by atoms with Crippen LogP contribution in [0.3, 0.4) is 0 Å². The monoisotopic (exact) mass is 564 g/mol. The lowest BCUT2D eigenvalue weighted by molar-refractivity contribution is 0.661. The molecule has 4 nitrogen and oxygen atoms in total. The number of hydrogen-bond acceptors (Lipinski definition) is 6. The molecule has 0 saturated heterocycles. The molecule has 0 radical (unpaired) electrons. The lowest BCUT2D eigenvalue weighted by Crippen LogP contribution is -2.15. The summed E-state index contributed by atoms with van der Waals surface area (Å²) < 4.78 is 0. The third kappa shape index (κ3) is 3.86. The van der Waals surface area contributed by atoms with Gasteiger partial charge >= 0.3 is 0 Å². The number of aromatic nitrogens is 4. The quantitative estimate of drug-likeness (QED) is 0.214. The normalized spacial score (nSPS) is 13.3. The van der Waals surface area contributed by atoms with E-state index in [0.29, 0.717) is 0 Å². The Morgan fingerprint density at radius 2 is 1.20 bits per heavy atom. The van der Waals surface area contributed by atoms with Crippen LogP contribution in [0.4, 0.5) is 0 Å². The zero-order valence-electron chi connectivity index (χ0n) is 22.5. The molecule has 0 aliphatic heterocycles. The van der Waals surface area contributed by atoms with E-state index in [-0.39, 0.29) is 5.41 Å². The fourth-order valence-electron chi connectivity index (χ4n) is 6.07. The van der Waals surface area contributed by atoms with Gasteiger partial charge in [0.1, 0.15) is 10.0 Å². The smallest absolute Gasteiger partial charge is 0.141 e. The third-order valence-corrected chi connectivity index (χ3v) is 9.64. The first kappa shape index (κ1) is 24.3. The van der Waals surface area contributed by atoms with E-state index in [4.69, 9.17) is 9.97 Å². The molecule has 0 atom stereocenters. The average molecular weight is 565 g/mol. The molecule has 1 aliphatic carbocycles. The lowest BCUT2D eigenvalue weighted by atomic mass is 9.80. The van der Waals surface area contributed by atoms with E-state index in [9.17, 15) is 0 Å². The molecule has 4 aromatic heterocycles. The number of pyridine rings is 2. The van der Waals surface area contributed by atoms with E-state index in [1.807, 2.05) is 35.3 Å². The molecule has 0 amide bonds. The van der Waals surface area contributed by atoms with Crippen molar-refractivity contribution in [3.05, 3.63) is 119 Å². The van der Waals surface area contributed by atoms with Crippen molar-refractivity contribution in [2.24, 2.45) is 0 Å². The van der Waals surface area contributed by atoms with Crippen LogP contribution in [0.25, 0.3) is 65.8 Å². The van der Waals surface area contributed by atoms with Crippen LogP contribution in [0, 0.1) is 0 Å². The van der Waals surface area contributed by atoms with Gasteiger partial charge in [-0.2, -0.15) is 0 Å². The second-order valence-electron chi connectivity index (χ2n) is 10.8. The second kappa shape index (κ2) is 9.26. The summed E-state index contributed by atoms with van der Waals surface area (Å²) >= 11 is 3.22. The van der Waals surface area contributed by atoms with Gasteiger partial charge in [0.25, 0.3) is 0 Å². The molecule has 0 saturated carbocycles. The average Bonchev–Trinajstić information content (AvgIpc) is 3.79. The Bertz CT molecular complexity index is 2080. The topological polar surface area (TPSA) is 51.6 Å². The maximum atomic E-state index is 5.08. The number of nitrogens with zero attached hydrogens (tertiary/aromatic N) is 4. The molecule has 8 rings (SSSR count). The largest absolute Gasteiger partial charge is 0.245 e. The van der Waals surface area contributed by atoms with Gasteiger partial charge in [0.15, 0.2) is 0 Å². The second-order valence-corrected chi connectivity index (χ2v) is 12.6. The van der Waals surface area contributed by atoms with Crippen LogP contribution in [-0.2, 0) is 5.41 Å². The zero-order chi connectivity index (χ0) is 27.6. The molecular formula is C35H24N4S2. The van der Waals surface area contributed by atoms with E-state index in [1.165, 1.54) is 33.0 Å². The Hall–Kier alpha value is -4.52. The molecule has 0 unspecified atom stereocenters. The molecule has 3 aromatic carbocycles. The summed E-state index contributed by atoms with van der Waals surface area (Å²) in [6.07, 6.45) is 3.66. The maximum absolute atomic E-state index is 5.08. The number of fused-ring (bicyclic) bond motifs is 5. The first-order valence-electron chi connectivity index (χ1n) is 13.5. The van der Waals surface area contributed by atoms with Crippen molar-refractivity contribution in [2.45, 2.75) is 19.3 Å². The van der Waals surface area contributed by atoms with Crippen molar-refractivity contribution >= 4 is 33.4 Å². The molecule has 1 aliphatic rings. The highest BCUT2D eigenvalue weighted by atomic mass is 32.1. The summed E-state index contributed by atoms with van der Waals surface area (Å²) in [5.74, 6) is 0. The number of hydrogen-bond donors (Lipinski definition) is 0. The Labute approximate surface area is 246 Å². The third-order valence-electron chi connectivity index (χ3n) is 8.05. The van der Waals surface area contributed by atoms with Crippen molar-refractivity contribution in [3.63, 3.8) is 0 Å². The minimum absolute atomic E-state index is 0.195. The fourth-order valence-corrected chi connectivity index (χ4v) is 7.29. The lowest BCUT2D eigenvalue weighted by Gasteiger charge is -2.23. The van der Waals surface area contributed by atoms with Gasteiger partial charge in [-0.1, -0.05) is 62.4 Å². The van der Waals surface area contributed by atoms with E-state index >= 15 is 0 Å². The molecule has 0 bridgehead atoms. The predicted molar refractivity (Wildman–Crippen MR) is 170 cm³/mol. The van der Waals surface area contributed by atoms with Crippen LogP contribution in [0.5, 0.6) is 0 Å². The zero-order valence-corrected chi connectivity index (χ0v) is 24.1. The molecule has 41 heavy (non-hydrogen) atoms. The van der Waals surface area contributed by atoms with Crippen molar-refractivity contribution in [1.29, 1.82) is 0 Å². The molecule has 0 N–H and O–H groups in total. The number of rotatable bonds is 4. The van der Waals surface area contributed by atoms with Gasteiger partial charge in [0, 0.05) is 39.7 Å². The molecule has 0 spiro atoms. The SMILES string of the molecule is CC1(C)c2cc(-c3cccc(-c4nccs4)n3)ccc2-c2c1cc(-c1cccc(-c3nccs3)n1)c1ccccc21. The van der Waals surface area contributed by atoms with Gasteiger partial charge < -0.3 is 0 Å². The highest BCUT2D eigenvalue weighted by molar-refractivity contribution is 7.13. The van der Waals surface area contributed by atoms with Crippen LogP contribution < -0.4 is 0 Å². The Morgan fingerprint density at radius 3 is 1.88 bits per heavy atom. The van der Waals surface area contributed by atoms with Gasteiger partial charge in [-0.3, -0.25) is 0 Å². The van der Waals surface area contributed by atoms with Gasteiger partial charge in [-0.25, -0.2) is 19.9 Å². The summed E-state index contributed by atoms with van der Waals surface area (Å²) in [7, 11) is 0. The van der Waals surface area contributed by atoms with Crippen molar-refractivity contribution in [1.82, 2.24) is 19.9 Å². The molecule has 196 valence electrons. The van der Waals surface area contributed by atoms with E-state index in [1.54, 1.807) is 22.7 Å². The standard InChI is InChI=1S/C35H24N4S2/c1-35(2)26-19-21(28-9-5-11-30(38-28)33-36-15-17-40-33)13-14-24(26)32-23-8-4-3-7-22(23)25(20-27(32)35)29-10-6-12-31(39-29)34-37-16-18-41-34/h3-20H,1-2H3. The van der Waals surface area contributed by atoms with Crippen molar-refractivity contribution < 1.29 is 0 Å². The summed E-state index contributed by atoms with van der Waals surface area (Å²) in [6.45, 7) is 4.66. The van der Waals surface area contributed by atoms with E-state index in [0.717, 1.165) is 43.9 Å². The van der Waals surface area contributed by atoms with Crippen LogP contribution in [0.15, 0.2) is 108 Å². The minimum Gasteiger partial charge on any atom is -0.245 e. The highest BCUT2D eigenvalue weighted by Gasteiger charge is 2.37. The number of thiazole rings is 2. The molecular weight excluding hydrogens is 541 g/mol. The van der Waals surface area contributed by atoms with E-state index in [2.05, 4.69) is 96.6 Å². The van der Waals surface area contributed by atoms with Crippen LogP contribution in [0.2, 0.25) is 0 Å². The van der Waals surface area contributed by atoms with Gasteiger partial charge in [-0.05, 0) is 69.4 Å². The van der Waals surface area contributed by atoms with Crippen LogP contribution in [0.1, 0.15) is 25.0 Å². The molecule has 0 fully saturated rings. The fraction of sp³-hybridized carbons (Fsp3) is 0.0857. The summed E-state index contributed by atoms with van der Waals surface area (Å²) in [6, 6.07) is 30.3. The predicted octanol–water partition coefficient (Wildman–Crippen LogP) is 9.52. The Kier molecular flexibility index (Phi) is 5.49. The highest BCUT2D eigenvalue weighted by Crippen LogP contribution is 2.53. The van der Waals surface area contributed by atoms with Gasteiger partial charge in [0.05, 0.1) is 22.8 Å². The van der Waals surface area contributed by atoms with Crippen LogP contribution >= 0.6 is 22.7 Å². The molecule has 7 aromatic rings. The Morgan fingerprint density at radius 1 is 0.561 bits per heavy atom. The summed E-state index contributed by atoms with van der Waals surface area (Å²) in [4.78, 5) is 19.0. The summed E-state index contributed by atoms with van der Waals surface area (Å²) in [5.41, 5.74) is 11.1. The summed E-state index contributed by atoms with van der Waals surface area (Å²) in [5, 5.41) is 8.32. The first-order valence-corrected chi connectivity index (χ1v) is 15.3. The minimum atomic E-state index is -0.195. The van der Waals surface area contributed by atoms with Gasteiger partial charge in [0.2, 0.25) is 0 Å². The maximum Gasteiger partial charge on any atom is 0.141 e. The van der Waals surface area contributed by atoms with Crippen molar-refractivity contribution in [2.75, 3.05) is 0 Å². The molecule has 4 heterocycles. The number of benzene rings is 3. The van der Waals surface area contributed by atoms with Crippen LogP contribution in [-0.4, -0.2) is 19.9 Å².